The van der Waals surface area contributed by atoms with Crippen LogP contribution in [0.1, 0.15) is 32.4 Å². The van der Waals surface area contributed by atoms with E-state index in [4.69, 9.17) is 4.74 Å². The molecule has 0 saturated carbocycles. The lowest BCUT2D eigenvalue weighted by atomic mass is 10.1. The normalized spacial score (nSPS) is 12.9. The molecule has 0 fully saturated rings. The van der Waals surface area contributed by atoms with Crippen molar-refractivity contribution < 1.29 is 14.3 Å². The molecular weight excluding hydrogens is 258 g/mol. The van der Waals surface area contributed by atoms with Gasteiger partial charge >= 0.3 is 6.09 Å². The Morgan fingerprint density at radius 1 is 1.50 bits per heavy atom. The van der Waals surface area contributed by atoms with Crippen molar-refractivity contribution in [3.8, 4) is 0 Å². The quantitative estimate of drug-likeness (QED) is 0.842. The number of carbonyl (C=O) groups excluding carboxylic acids is 2. The van der Waals surface area contributed by atoms with Crippen LogP contribution in [0.15, 0.2) is 24.5 Å². The van der Waals surface area contributed by atoms with Crippen LogP contribution in [0.4, 0.5) is 4.79 Å². The zero-order chi connectivity index (χ0) is 14.8. The minimum atomic E-state index is -0.775. The van der Waals surface area contributed by atoms with E-state index in [0.717, 1.165) is 5.39 Å². The van der Waals surface area contributed by atoms with Crippen LogP contribution in [0.3, 0.4) is 0 Å². The first kappa shape index (κ1) is 14.0. The molecule has 0 aliphatic carbocycles. The average molecular weight is 275 g/mol. The number of nitrogens with zero attached hydrogens (tertiary/aromatic N) is 1. The highest BCUT2D eigenvalue weighted by Gasteiger charge is 2.22. The van der Waals surface area contributed by atoms with Crippen LogP contribution in [-0.2, 0) is 9.53 Å². The summed E-state index contributed by atoms with van der Waals surface area (Å²) in [6.07, 6.45) is 3.35. The number of rotatable bonds is 3. The number of amides is 1. The Bertz CT molecular complexity index is 628. The van der Waals surface area contributed by atoms with Crippen molar-refractivity contribution in [3.05, 3.63) is 30.1 Å². The van der Waals surface area contributed by atoms with Crippen molar-refractivity contribution in [1.82, 2.24) is 15.3 Å². The fraction of sp³-hybridized carbons (Fsp3) is 0.357. The van der Waals surface area contributed by atoms with Gasteiger partial charge in [0.05, 0.1) is 0 Å². The van der Waals surface area contributed by atoms with E-state index in [9.17, 15) is 9.59 Å². The molecule has 6 heteroatoms. The minimum Gasteiger partial charge on any atom is -0.444 e. The Kier molecular flexibility index (Phi) is 3.74. The third-order valence-corrected chi connectivity index (χ3v) is 2.63. The van der Waals surface area contributed by atoms with Gasteiger partial charge in [-0.2, -0.15) is 0 Å². The molecule has 20 heavy (non-hydrogen) atoms. The lowest BCUT2D eigenvalue weighted by Gasteiger charge is -2.21. The number of pyridine rings is 1. The van der Waals surface area contributed by atoms with Gasteiger partial charge in [-0.1, -0.05) is 0 Å². The van der Waals surface area contributed by atoms with E-state index < -0.39 is 17.7 Å². The molecule has 1 atom stereocenters. The lowest BCUT2D eigenvalue weighted by Crippen LogP contribution is -2.35. The molecule has 1 amide bonds. The number of aromatic amines is 1. The van der Waals surface area contributed by atoms with Crippen LogP contribution in [0.25, 0.3) is 11.0 Å². The first-order valence-corrected chi connectivity index (χ1v) is 6.27. The van der Waals surface area contributed by atoms with E-state index in [1.165, 1.54) is 0 Å². The van der Waals surface area contributed by atoms with Crippen molar-refractivity contribution >= 4 is 23.4 Å². The molecule has 0 radical (unpaired) electrons. The van der Waals surface area contributed by atoms with Gasteiger partial charge in [-0.05, 0) is 32.9 Å². The topological polar surface area (TPSA) is 84.1 Å². The molecule has 1 unspecified atom stereocenters. The highest BCUT2D eigenvalue weighted by molar-refractivity contribution is 5.85. The fourth-order valence-corrected chi connectivity index (χ4v) is 1.85. The van der Waals surface area contributed by atoms with Gasteiger partial charge in [0.25, 0.3) is 0 Å². The second-order valence-electron chi connectivity index (χ2n) is 5.40. The molecule has 2 heterocycles. The Hall–Kier alpha value is -2.37. The largest absolute Gasteiger partial charge is 0.444 e. The number of hydrogen-bond acceptors (Lipinski definition) is 4. The second-order valence-corrected chi connectivity index (χ2v) is 5.40. The number of ether oxygens (including phenoxy) is 1. The summed E-state index contributed by atoms with van der Waals surface area (Å²) in [6, 6.07) is 2.83. The SMILES string of the molecule is CC(C)(C)OC(=O)NC(C=O)c1c[nH]c2ncccc12. The monoisotopic (exact) mass is 275 g/mol. The number of alkyl carbamates (subject to hydrolysis) is 1. The van der Waals surface area contributed by atoms with Crippen LogP contribution >= 0.6 is 0 Å². The van der Waals surface area contributed by atoms with E-state index in [0.29, 0.717) is 17.5 Å². The molecule has 0 saturated heterocycles. The second kappa shape index (κ2) is 5.32. The smallest absolute Gasteiger partial charge is 0.408 e. The van der Waals surface area contributed by atoms with E-state index in [1.54, 1.807) is 39.2 Å². The fourth-order valence-electron chi connectivity index (χ4n) is 1.85. The molecule has 0 aliphatic rings. The molecule has 0 aromatic carbocycles. The Morgan fingerprint density at radius 3 is 2.90 bits per heavy atom. The number of aldehydes is 1. The lowest BCUT2D eigenvalue weighted by molar-refractivity contribution is -0.109. The van der Waals surface area contributed by atoms with Gasteiger partial charge in [0.1, 0.15) is 23.6 Å². The van der Waals surface area contributed by atoms with Gasteiger partial charge in [0.15, 0.2) is 0 Å². The number of aromatic nitrogens is 2. The molecular formula is C14H17N3O3. The highest BCUT2D eigenvalue weighted by atomic mass is 16.6. The standard InChI is InChI=1S/C14H17N3O3/c1-14(2,3)20-13(19)17-11(8-18)10-7-16-12-9(10)5-4-6-15-12/h4-8,11H,1-3H3,(H,15,16)(H,17,19). The molecule has 6 nitrogen and oxygen atoms in total. The summed E-state index contributed by atoms with van der Waals surface area (Å²) in [7, 11) is 0. The number of nitrogens with one attached hydrogen (secondary N) is 2. The van der Waals surface area contributed by atoms with Gasteiger partial charge in [0.2, 0.25) is 0 Å². The van der Waals surface area contributed by atoms with E-state index >= 15 is 0 Å². The molecule has 2 N–H and O–H groups in total. The van der Waals surface area contributed by atoms with Gasteiger partial charge in [-0.3, -0.25) is 0 Å². The predicted molar refractivity (Wildman–Crippen MR) is 74.3 cm³/mol. The van der Waals surface area contributed by atoms with Gasteiger partial charge in [-0.25, -0.2) is 9.78 Å². The molecule has 0 spiro atoms. The summed E-state index contributed by atoms with van der Waals surface area (Å²) >= 11 is 0. The summed E-state index contributed by atoms with van der Waals surface area (Å²) in [5, 5.41) is 3.33. The summed E-state index contributed by atoms with van der Waals surface area (Å²) in [4.78, 5) is 30.1. The summed E-state index contributed by atoms with van der Waals surface area (Å²) in [5.41, 5.74) is 0.716. The van der Waals surface area contributed by atoms with Crippen molar-refractivity contribution in [1.29, 1.82) is 0 Å². The molecule has 0 bridgehead atoms. The van der Waals surface area contributed by atoms with Gasteiger partial charge in [0, 0.05) is 23.3 Å². The Labute approximate surface area is 116 Å². The first-order chi connectivity index (χ1) is 9.40. The van der Waals surface area contributed by atoms with Crippen molar-refractivity contribution in [2.45, 2.75) is 32.4 Å². The summed E-state index contributed by atoms with van der Waals surface area (Å²) in [6.45, 7) is 5.29. The maximum atomic E-state index is 11.7. The summed E-state index contributed by atoms with van der Waals surface area (Å²) in [5.74, 6) is 0. The van der Waals surface area contributed by atoms with Crippen LogP contribution in [0, 0.1) is 0 Å². The molecule has 0 aliphatic heterocycles. The van der Waals surface area contributed by atoms with Crippen molar-refractivity contribution in [2.75, 3.05) is 0 Å². The van der Waals surface area contributed by atoms with Gasteiger partial charge < -0.3 is 19.8 Å². The number of fused-ring (bicyclic) bond motifs is 1. The van der Waals surface area contributed by atoms with Crippen LogP contribution in [0.2, 0.25) is 0 Å². The van der Waals surface area contributed by atoms with Crippen molar-refractivity contribution in [2.24, 2.45) is 0 Å². The van der Waals surface area contributed by atoms with Gasteiger partial charge in [-0.15, -0.1) is 0 Å². The Morgan fingerprint density at radius 2 is 2.25 bits per heavy atom. The summed E-state index contributed by atoms with van der Waals surface area (Å²) < 4.78 is 5.15. The van der Waals surface area contributed by atoms with Crippen LogP contribution < -0.4 is 5.32 Å². The maximum Gasteiger partial charge on any atom is 0.408 e. The number of hydrogen-bond donors (Lipinski definition) is 2. The Balaban J connectivity index is 2.20. The van der Waals surface area contributed by atoms with Crippen LogP contribution in [-0.4, -0.2) is 27.9 Å². The number of carbonyl (C=O) groups is 2. The maximum absolute atomic E-state index is 11.7. The molecule has 106 valence electrons. The molecule has 2 rings (SSSR count). The predicted octanol–water partition coefficient (Wildman–Crippen LogP) is 2.33. The minimum absolute atomic E-state index is 0.612. The zero-order valence-electron chi connectivity index (χ0n) is 11.6. The zero-order valence-corrected chi connectivity index (χ0v) is 11.6. The van der Waals surface area contributed by atoms with E-state index in [1.807, 2.05) is 6.07 Å². The highest BCUT2D eigenvalue weighted by Crippen LogP contribution is 2.22. The van der Waals surface area contributed by atoms with E-state index in [2.05, 4.69) is 15.3 Å². The number of H-pyrrole nitrogens is 1. The first-order valence-electron chi connectivity index (χ1n) is 6.27. The third kappa shape index (κ3) is 3.14. The molecule has 2 aromatic heterocycles. The van der Waals surface area contributed by atoms with E-state index in [-0.39, 0.29) is 0 Å². The average Bonchev–Trinajstić information content (AvgIpc) is 2.77. The third-order valence-electron chi connectivity index (χ3n) is 2.63. The van der Waals surface area contributed by atoms with Crippen LogP contribution in [0.5, 0.6) is 0 Å². The molecule has 2 aromatic rings. The van der Waals surface area contributed by atoms with Crippen molar-refractivity contribution in [3.63, 3.8) is 0 Å².